The van der Waals surface area contributed by atoms with Gasteiger partial charge in [0.05, 0.1) is 0 Å². The van der Waals surface area contributed by atoms with E-state index in [1.807, 2.05) is 0 Å². The zero-order valence-corrected chi connectivity index (χ0v) is 26.7. The van der Waals surface area contributed by atoms with Crippen molar-refractivity contribution in [2.75, 3.05) is 19.8 Å². The molecule has 0 heterocycles. The van der Waals surface area contributed by atoms with Crippen LogP contribution in [0.3, 0.4) is 0 Å². The molecule has 8 heteroatoms. The first-order chi connectivity index (χ1) is 19.6. The van der Waals surface area contributed by atoms with Gasteiger partial charge in [0, 0.05) is 12.8 Å². The van der Waals surface area contributed by atoms with E-state index in [1.54, 1.807) is 0 Å². The molecule has 0 saturated heterocycles. The highest BCUT2D eigenvalue weighted by Crippen LogP contribution is 2.14. The third kappa shape index (κ3) is 29.9. The van der Waals surface area contributed by atoms with Crippen molar-refractivity contribution in [2.24, 2.45) is 5.73 Å². The first-order valence-electron chi connectivity index (χ1n) is 16.6. The minimum absolute atomic E-state index is 0.0606. The van der Waals surface area contributed by atoms with Crippen molar-refractivity contribution < 1.29 is 28.2 Å². The Morgan fingerprint density at radius 3 is 1.40 bits per heavy atom. The second-order valence-electron chi connectivity index (χ2n) is 11.2. The van der Waals surface area contributed by atoms with E-state index in [0.29, 0.717) is 12.8 Å². The number of unbranched alkanes of at least 4 members (excludes halogenated alkanes) is 21. The van der Waals surface area contributed by atoms with E-state index < -0.39 is 14.8 Å². The van der Waals surface area contributed by atoms with Crippen molar-refractivity contribution in [1.29, 1.82) is 0 Å². The van der Waals surface area contributed by atoms with Crippen LogP contribution in [0.2, 0.25) is 0 Å². The van der Waals surface area contributed by atoms with Crippen molar-refractivity contribution in [1.82, 2.24) is 0 Å². The Kier molecular flexibility index (Phi) is 31.6. The minimum Gasteiger partial charge on any atom is -0.462 e. The van der Waals surface area contributed by atoms with E-state index >= 15 is 0 Å². The summed E-state index contributed by atoms with van der Waals surface area (Å²) in [4.78, 5) is 24.3. The van der Waals surface area contributed by atoms with Crippen molar-refractivity contribution in [2.45, 2.75) is 174 Å². The summed E-state index contributed by atoms with van der Waals surface area (Å²) >= 11 is 0. The molecule has 0 aliphatic carbocycles. The fourth-order valence-corrected chi connectivity index (χ4v) is 5.07. The molecule has 0 aliphatic heterocycles. The summed E-state index contributed by atoms with van der Waals surface area (Å²) in [5, 5.41) is 0. The summed E-state index contributed by atoms with van der Waals surface area (Å²) < 4.78 is 26.3. The van der Waals surface area contributed by atoms with E-state index in [1.165, 1.54) is 103 Å². The predicted molar refractivity (Wildman–Crippen MR) is 165 cm³/mol. The van der Waals surface area contributed by atoms with Crippen LogP contribution in [0, 0.1) is 0 Å². The number of hydrogen-bond acceptors (Lipinski definition) is 7. The van der Waals surface area contributed by atoms with Crippen LogP contribution in [-0.2, 0) is 28.2 Å². The minimum atomic E-state index is -0.732. The number of carbonyl (C=O) groups is 2. The highest BCUT2D eigenvalue weighted by molar-refractivity contribution is 7.17. The molecule has 0 bridgehead atoms. The highest BCUT2D eigenvalue weighted by Gasteiger charge is 2.17. The van der Waals surface area contributed by atoms with Crippen molar-refractivity contribution in [3.63, 3.8) is 0 Å². The average molecular weight is 588 g/mol. The SMILES string of the molecule is CCCCCCCCCCCCCCCC(=O)O[C@@H](COP=O)COC(=O)CCCCCCCCCCCCN. The van der Waals surface area contributed by atoms with Gasteiger partial charge in [0.1, 0.15) is 13.2 Å². The molecule has 7 nitrogen and oxygen atoms in total. The molecule has 0 aromatic carbocycles. The van der Waals surface area contributed by atoms with Gasteiger partial charge >= 0.3 is 20.6 Å². The maximum Gasteiger partial charge on any atom is 0.327 e. The first-order valence-corrected chi connectivity index (χ1v) is 17.4. The third-order valence-electron chi connectivity index (χ3n) is 7.36. The molecule has 0 rings (SSSR count). The van der Waals surface area contributed by atoms with Crippen molar-refractivity contribution >= 4 is 20.6 Å². The van der Waals surface area contributed by atoms with Gasteiger partial charge in [-0.1, -0.05) is 135 Å². The molecular formula is C32H62NO6P. The lowest BCUT2D eigenvalue weighted by Crippen LogP contribution is -2.28. The quantitative estimate of drug-likeness (QED) is 0.0475. The Balaban J connectivity index is 3.76. The summed E-state index contributed by atoms with van der Waals surface area (Å²) in [5.41, 5.74) is 5.51. The van der Waals surface area contributed by atoms with E-state index in [2.05, 4.69) is 6.92 Å². The molecule has 0 unspecified atom stereocenters. The van der Waals surface area contributed by atoms with Gasteiger partial charge in [0.2, 0.25) is 0 Å². The first kappa shape index (κ1) is 39.0. The van der Waals surface area contributed by atoms with Crippen LogP contribution < -0.4 is 5.73 Å². The van der Waals surface area contributed by atoms with Crippen LogP contribution in [0.4, 0.5) is 0 Å². The zero-order chi connectivity index (χ0) is 29.4. The number of nitrogens with two attached hydrogens (primary N) is 1. The molecule has 1 atom stereocenters. The zero-order valence-electron chi connectivity index (χ0n) is 25.9. The summed E-state index contributed by atoms with van der Waals surface area (Å²) in [7, 11) is -0.485. The molecule has 0 saturated carbocycles. The molecule has 0 amide bonds. The second kappa shape index (κ2) is 32.5. The maximum absolute atomic E-state index is 12.2. The number of carbonyl (C=O) groups excluding carboxylic acids is 2. The van der Waals surface area contributed by atoms with Crippen LogP contribution >= 0.6 is 8.69 Å². The van der Waals surface area contributed by atoms with E-state index in [0.717, 1.165) is 51.5 Å². The van der Waals surface area contributed by atoms with Crippen molar-refractivity contribution in [3.05, 3.63) is 0 Å². The molecule has 40 heavy (non-hydrogen) atoms. The standard InChI is InChI=1S/C32H62NO6P/c1-2-3-4-5-6-7-8-9-10-14-17-20-23-26-32(35)39-30(29-38-40-36)28-37-31(34)25-22-19-16-13-11-12-15-18-21-24-27-33/h30H,2-29,33H2,1H3/t30-/m1/s1. The number of esters is 2. The monoisotopic (exact) mass is 587 g/mol. The Morgan fingerprint density at radius 2 is 0.975 bits per heavy atom. The second-order valence-corrected chi connectivity index (χ2v) is 11.6. The van der Waals surface area contributed by atoms with Gasteiger partial charge < -0.3 is 15.2 Å². The summed E-state index contributed by atoms with van der Waals surface area (Å²) in [6.45, 7) is 2.92. The maximum atomic E-state index is 12.2. The average Bonchev–Trinajstić information content (AvgIpc) is 2.95. The van der Waals surface area contributed by atoms with Gasteiger partial charge in [-0.2, -0.15) is 0 Å². The molecule has 0 aromatic heterocycles. The molecule has 0 aromatic rings. The Hall–Kier alpha value is -1.04. The fraction of sp³-hybridized carbons (Fsp3) is 0.938. The van der Waals surface area contributed by atoms with Crippen LogP contribution in [0.5, 0.6) is 0 Å². The normalized spacial score (nSPS) is 12.1. The smallest absolute Gasteiger partial charge is 0.327 e. The topological polar surface area (TPSA) is 105 Å². The summed E-state index contributed by atoms with van der Waals surface area (Å²) in [6, 6.07) is 0. The highest BCUT2D eigenvalue weighted by atomic mass is 31.1. The van der Waals surface area contributed by atoms with Crippen LogP contribution in [0.25, 0.3) is 0 Å². The molecule has 0 radical (unpaired) electrons. The molecular weight excluding hydrogens is 525 g/mol. The molecule has 2 N–H and O–H groups in total. The summed E-state index contributed by atoms with van der Waals surface area (Å²) in [6.07, 6.45) is 27.8. The van der Waals surface area contributed by atoms with E-state index in [9.17, 15) is 14.2 Å². The van der Waals surface area contributed by atoms with E-state index in [-0.39, 0.29) is 25.2 Å². The molecule has 0 spiro atoms. The molecule has 236 valence electrons. The van der Waals surface area contributed by atoms with Gasteiger partial charge in [-0.05, 0) is 25.8 Å². The molecule has 0 fully saturated rings. The van der Waals surface area contributed by atoms with Crippen LogP contribution in [0.15, 0.2) is 0 Å². The number of rotatable bonds is 32. The third-order valence-corrected chi connectivity index (χ3v) is 7.62. The van der Waals surface area contributed by atoms with Gasteiger partial charge in [-0.25, -0.2) is 4.57 Å². The largest absolute Gasteiger partial charge is 0.462 e. The number of hydrogen-bond donors (Lipinski definition) is 1. The fourth-order valence-electron chi connectivity index (χ4n) is 4.85. The Labute approximate surface area is 247 Å². The van der Waals surface area contributed by atoms with E-state index in [4.69, 9.17) is 19.7 Å². The van der Waals surface area contributed by atoms with Crippen LogP contribution in [0.1, 0.15) is 167 Å². The van der Waals surface area contributed by atoms with Gasteiger partial charge in [-0.3, -0.25) is 14.1 Å². The lowest BCUT2D eigenvalue weighted by molar-refractivity contribution is -0.160. The van der Waals surface area contributed by atoms with Gasteiger partial charge in [0.15, 0.2) is 6.10 Å². The number of ether oxygens (including phenoxy) is 2. The lowest BCUT2D eigenvalue weighted by Gasteiger charge is -2.16. The Morgan fingerprint density at radius 1 is 0.575 bits per heavy atom. The van der Waals surface area contributed by atoms with Crippen molar-refractivity contribution in [3.8, 4) is 0 Å². The van der Waals surface area contributed by atoms with Crippen LogP contribution in [-0.4, -0.2) is 37.8 Å². The Bertz CT molecular complexity index is 578. The lowest BCUT2D eigenvalue weighted by atomic mass is 10.0. The molecule has 0 aliphatic rings. The summed E-state index contributed by atoms with van der Waals surface area (Å²) in [5.74, 6) is -0.619. The predicted octanol–water partition coefficient (Wildman–Crippen LogP) is 9.40. The van der Waals surface area contributed by atoms with Gasteiger partial charge in [0.25, 0.3) is 0 Å². The van der Waals surface area contributed by atoms with Gasteiger partial charge in [-0.15, -0.1) is 0 Å².